The molecule has 0 aliphatic carbocycles. The van der Waals surface area contributed by atoms with Crippen LogP contribution < -0.4 is 0 Å². The second kappa shape index (κ2) is 5.91. The highest BCUT2D eigenvalue weighted by Gasteiger charge is 2.32. The molecule has 0 bridgehead atoms. The SMILES string of the molecule is CC(CC(=O)N(C)C1CCS(=O)(=O)C1)c1cccnc1. The summed E-state index contributed by atoms with van der Waals surface area (Å²) in [5, 5.41) is 0. The van der Waals surface area contributed by atoms with E-state index < -0.39 is 9.84 Å². The standard InChI is InChI=1S/C14H20N2O3S/c1-11(12-4-3-6-15-9-12)8-14(17)16(2)13-5-7-20(18,19)10-13/h3-4,6,9,11,13H,5,7-8,10H2,1-2H3. The summed E-state index contributed by atoms with van der Waals surface area (Å²) in [5.74, 6) is 0.351. The average molecular weight is 296 g/mol. The summed E-state index contributed by atoms with van der Waals surface area (Å²) in [5.41, 5.74) is 1.02. The quantitative estimate of drug-likeness (QED) is 0.838. The smallest absolute Gasteiger partial charge is 0.223 e. The molecule has 0 radical (unpaired) electrons. The van der Waals surface area contributed by atoms with Crippen molar-refractivity contribution in [2.45, 2.75) is 31.7 Å². The Bertz CT molecular complexity index is 571. The largest absolute Gasteiger partial charge is 0.342 e. The molecule has 1 fully saturated rings. The van der Waals surface area contributed by atoms with Gasteiger partial charge in [0.25, 0.3) is 0 Å². The van der Waals surface area contributed by atoms with E-state index in [0.717, 1.165) is 5.56 Å². The number of sulfone groups is 1. The summed E-state index contributed by atoms with van der Waals surface area (Å²) in [7, 11) is -1.26. The van der Waals surface area contributed by atoms with Crippen LogP contribution in [0.2, 0.25) is 0 Å². The summed E-state index contributed by atoms with van der Waals surface area (Å²) < 4.78 is 22.9. The van der Waals surface area contributed by atoms with Gasteiger partial charge in [0.1, 0.15) is 0 Å². The Morgan fingerprint density at radius 1 is 1.55 bits per heavy atom. The van der Waals surface area contributed by atoms with Gasteiger partial charge >= 0.3 is 0 Å². The Morgan fingerprint density at radius 2 is 2.30 bits per heavy atom. The first-order valence-electron chi connectivity index (χ1n) is 6.75. The summed E-state index contributed by atoms with van der Waals surface area (Å²) >= 11 is 0. The van der Waals surface area contributed by atoms with Gasteiger partial charge in [0, 0.05) is 31.9 Å². The van der Waals surface area contributed by atoms with E-state index in [1.165, 1.54) is 0 Å². The van der Waals surface area contributed by atoms with Gasteiger partial charge in [-0.25, -0.2) is 8.42 Å². The van der Waals surface area contributed by atoms with Crippen LogP contribution in [0.3, 0.4) is 0 Å². The van der Waals surface area contributed by atoms with Crippen LogP contribution in [-0.2, 0) is 14.6 Å². The summed E-state index contributed by atoms with van der Waals surface area (Å²) in [6, 6.07) is 3.63. The number of hydrogen-bond donors (Lipinski definition) is 0. The molecular weight excluding hydrogens is 276 g/mol. The van der Waals surface area contributed by atoms with E-state index >= 15 is 0 Å². The van der Waals surface area contributed by atoms with Crippen molar-refractivity contribution in [1.82, 2.24) is 9.88 Å². The zero-order valence-electron chi connectivity index (χ0n) is 11.8. The number of rotatable bonds is 4. The predicted molar refractivity (Wildman–Crippen MR) is 77.1 cm³/mol. The molecule has 5 nitrogen and oxygen atoms in total. The topological polar surface area (TPSA) is 67.3 Å². The van der Waals surface area contributed by atoms with E-state index in [1.807, 2.05) is 19.1 Å². The lowest BCUT2D eigenvalue weighted by atomic mass is 9.98. The van der Waals surface area contributed by atoms with Gasteiger partial charge in [-0.05, 0) is 24.0 Å². The monoisotopic (exact) mass is 296 g/mol. The van der Waals surface area contributed by atoms with E-state index in [0.29, 0.717) is 12.8 Å². The van der Waals surface area contributed by atoms with Crippen molar-refractivity contribution >= 4 is 15.7 Å². The molecule has 2 rings (SSSR count). The van der Waals surface area contributed by atoms with Gasteiger partial charge in [-0.3, -0.25) is 9.78 Å². The molecular formula is C14H20N2O3S. The maximum Gasteiger partial charge on any atom is 0.223 e. The fourth-order valence-corrected chi connectivity index (χ4v) is 4.25. The average Bonchev–Trinajstić information content (AvgIpc) is 2.79. The zero-order chi connectivity index (χ0) is 14.8. The van der Waals surface area contributed by atoms with Crippen molar-refractivity contribution in [2.24, 2.45) is 0 Å². The number of aromatic nitrogens is 1. The van der Waals surface area contributed by atoms with Gasteiger partial charge < -0.3 is 4.90 Å². The molecule has 1 aliphatic heterocycles. The van der Waals surface area contributed by atoms with Gasteiger partial charge in [-0.15, -0.1) is 0 Å². The molecule has 2 heterocycles. The van der Waals surface area contributed by atoms with Crippen molar-refractivity contribution < 1.29 is 13.2 Å². The number of amides is 1. The summed E-state index contributed by atoms with van der Waals surface area (Å²) in [4.78, 5) is 17.9. The van der Waals surface area contributed by atoms with E-state index in [9.17, 15) is 13.2 Å². The predicted octanol–water partition coefficient (Wildman–Crippen LogP) is 1.22. The number of carbonyl (C=O) groups is 1. The van der Waals surface area contributed by atoms with Crippen LogP contribution >= 0.6 is 0 Å². The molecule has 0 aromatic carbocycles. The summed E-state index contributed by atoms with van der Waals surface area (Å²) in [6.45, 7) is 1.98. The fraction of sp³-hybridized carbons (Fsp3) is 0.571. The maximum absolute atomic E-state index is 12.2. The molecule has 110 valence electrons. The molecule has 20 heavy (non-hydrogen) atoms. The Kier molecular flexibility index (Phi) is 4.42. The lowest BCUT2D eigenvalue weighted by Crippen LogP contribution is -2.38. The molecule has 1 aliphatic rings. The van der Waals surface area contributed by atoms with Gasteiger partial charge in [-0.2, -0.15) is 0 Å². The van der Waals surface area contributed by atoms with Crippen LogP contribution in [0.1, 0.15) is 31.2 Å². The first kappa shape index (κ1) is 15.0. The molecule has 1 aromatic rings. The van der Waals surface area contributed by atoms with E-state index in [2.05, 4.69) is 4.98 Å². The van der Waals surface area contributed by atoms with Crippen molar-refractivity contribution in [1.29, 1.82) is 0 Å². The fourth-order valence-electron chi connectivity index (χ4n) is 2.48. The Balaban J connectivity index is 1.95. The van der Waals surface area contributed by atoms with Gasteiger partial charge in [0.15, 0.2) is 9.84 Å². The Labute approximate surface area is 119 Å². The highest BCUT2D eigenvalue weighted by molar-refractivity contribution is 7.91. The molecule has 0 N–H and O–H groups in total. The third kappa shape index (κ3) is 3.56. The normalized spacial score (nSPS) is 22.4. The number of carbonyl (C=O) groups excluding carboxylic acids is 1. The van der Waals surface area contributed by atoms with Crippen LogP contribution in [0, 0.1) is 0 Å². The van der Waals surface area contributed by atoms with E-state index in [4.69, 9.17) is 0 Å². The third-order valence-corrected chi connectivity index (χ3v) is 5.63. The van der Waals surface area contributed by atoms with Crippen molar-refractivity contribution in [3.63, 3.8) is 0 Å². The lowest BCUT2D eigenvalue weighted by molar-refractivity contribution is -0.131. The van der Waals surface area contributed by atoms with Crippen molar-refractivity contribution in [3.05, 3.63) is 30.1 Å². The van der Waals surface area contributed by atoms with Crippen LogP contribution in [0.4, 0.5) is 0 Å². The lowest BCUT2D eigenvalue weighted by Gasteiger charge is -2.25. The Hall–Kier alpha value is -1.43. The maximum atomic E-state index is 12.2. The second-order valence-electron chi connectivity index (χ2n) is 5.45. The highest BCUT2D eigenvalue weighted by atomic mass is 32.2. The molecule has 2 unspecified atom stereocenters. The molecule has 2 atom stereocenters. The van der Waals surface area contributed by atoms with Crippen LogP contribution in [-0.4, -0.2) is 48.8 Å². The van der Waals surface area contributed by atoms with Crippen LogP contribution in [0.25, 0.3) is 0 Å². The van der Waals surface area contributed by atoms with Crippen LogP contribution in [0.15, 0.2) is 24.5 Å². The minimum atomic E-state index is -2.96. The molecule has 6 heteroatoms. The zero-order valence-corrected chi connectivity index (χ0v) is 12.6. The minimum Gasteiger partial charge on any atom is -0.342 e. The van der Waals surface area contributed by atoms with Crippen molar-refractivity contribution in [3.8, 4) is 0 Å². The van der Waals surface area contributed by atoms with Crippen LogP contribution in [0.5, 0.6) is 0 Å². The minimum absolute atomic E-state index is 0.0107. The van der Waals surface area contributed by atoms with Crippen molar-refractivity contribution in [2.75, 3.05) is 18.6 Å². The third-order valence-electron chi connectivity index (χ3n) is 3.88. The summed E-state index contributed by atoms with van der Waals surface area (Å²) in [6.07, 6.45) is 4.39. The van der Waals surface area contributed by atoms with Gasteiger partial charge in [0.05, 0.1) is 11.5 Å². The Morgan fingerprint density at radius 3 is 2.85 bits per heavy atom. The van der Waals surface area contributed by atoms with E-state index in [-0.39, 0.29) is 29.4 Å². The first-order chi connectivity index (χ1) is 9.39. The number of hydrogen-bond acceptors (Lipinski definition) is 4. The molecule has 1 saturated heterocycles. The molecule has 0 saturated carbocycles. The first-order valence-corrected chi connectivity index (χ1v) is 8.57. The number of pyridine rings is 1. The van der Waals surface area contributed by atoms with Gasteiger partial charge in [0.2, 0.25) is 5.91 Å². The van der Waals surface area contributed by atoms with Gasteiger partial charge in [-0.1, -0.05) is 13.0 Å². The van der Waals surface area contributed by atoms with E-state index in [1.54, 1.807) is 24.3 Å². The number of nitrogens with zero attached hydrogens (tertiary/aromatic N) is 2. The highest BCUT2D eigenvalue weighted by Crippen LogP contribution is 2.22. The molecule has 1 amide bonds. The molecule has 1 aromatic heterocycles. The molecule has 0 spiro atoms. The second-order valence-corrected chi connectivity index (χ2v) is 7.68.